The summed E-state index contributed by atoms with van der Waals surface area (Å²) >= 11 is 0. The molecule has 0 unspecified atom stereocenters. The third kappa shape index (κ3) is 3.05. The summed E-state index contributed by atoms with van der Waals surface area (Å²) in [4.78, 5) is 16.3. The van der Waals surface area contributed by atoms with E-state index < -0.39 is 6.10 Å². The quantitative estimate of drug-likeness (QED) is 0.814. The van der Waals surface area contributed by atoms with Crippen molar-refractivity contribution >= 4 is 5.91 Å². The number of aliphatic hydroxyl groups excluding tert-OH is 1. The molecular weight excluding hydrogens is 284 g/mol. The number of β-amino-alcohol motifs (C(OH)–C–C–N with tert-alkyl or cyclic N) is 1. The van der Waals surface area contributed by atoms with E-state index in [0.29, 0.717) is 25.4 Å². The predicted molar refractivity (Wildman–Crippen MR) is 79.3 cm³/mol. The van der Waals surface area contributed by atoms with Gasteiger partial charge in [0, 0.05) is 19.5 Å². The van der Waals surface area contributed by atoms with Crippen LogP contribution in [0.3, 0.4) is 0 Å². The average Bonchev–Trinajstić information content (AvgIpc) is 3.24. The molecule has 1 amide bonds. The van der Waals surface area contributed by atoms with Crippen LogP contribution in [0.2, 0.25) is 0 Å². The molecule has 0 saturated carbocycles. The van der Waals surface area contributed by atoms with Crippen LogP contribution < -0.4 is 0 Å². The summed E-state index contributed by atoms with van der Waals surface area (Å²) < 4.78 is 5.40. The molecule has 1 N–H and O–H groups in total. The van der Waals surface area contributed by atoms with E-state index in [1.807, 2.05) is 19.1 Å². The van der Waals surface area contributed by atoms with E-state index in [-0.39, 0.29) is 17.8 Å². The number of carbonyl (C=O) groups is 1. The molecule has 2 aliphatic rings. The summed E-state index contributed by atoms with van der Waals surface area (Å²) in [6.45, 7) is 4.75. The average molecular weight is 306 g/mol. The molecule has 0 aromatic carbocycles. The SMILES string of the molecule is CC=CCc1nnc(C(=O)N2C[C@H](O)[C@@H](N3CCCC3)C2)o1. The number of nitrogens with zero attached hydrogens (tertiary/aromatic N) is 4. The largest absolute Gasteiger partial charge is 0.417 e. The Morgan fingerprint density at radius 3 is 2.86 bits per heavy atom. The van der Waals surface area contributed by atoms with Gasteiger partial charge in [0.05, 0.1) is 12.1 Å². The Kier molecular flexibility index (Phi) is 4.54. The summed E-state index contributed by atoms with van der Waals surface area (Å²) in [6.07, 6.45) is 6.13. The lowest BCUT2D eigenvalue weighted by atomic mass is 10.2. The first-order chi connectivity index (χ1) is 10.7. The van der Waals surface area contributed by atoms with Gasteiger partial charge in [-0.15, -0.1) is 10.2 Å². The number of rotatable bonds is 4. The Balaban J connectivity index is 1.64. The van der Waals surface area contributed by atoms with Crippen molar-refractivity contribution in [2.75, 3.05) is 26.2 Å². The molecule has 0 bridgehead atoms. The van der Waals surface area contributed by atoms with Crippen LogP contribution in [0.25, 0.3) is 0 Å². The standard InChI is InChI=1S/C15H22N4O3/c1-2-3-6-13-16-17-14(22-13)15(21)19-9-11(12(20)10-19)18-7-4-5-8-18/h2-3,11-12,20H,4-10H2,1H3/t11-,12-/m0/s1. The van der Waals surface area contributed by atoms with Gasteiger partial charge in [-0.2, -0.15) is 0 Å². The molecule has 2 fully saturated rings. The maximum Gasteiger partial charge on any atom is 0.311 e. The van der Waals surface area contributed by atoms with Gasteiger partial charge in [-0.05, 0) is 32.9 Å². The van der Waals surface area contributed by atoms with E-state index in [2.05, 4.69) is 15.1 Å². The number of carbonyl (C=O) groups excluding carboxylic acids is 1. The highest BCUT2D eigenvalue weighted by Crippen LogP contribution is 2.22. The molecule has 2 aliphatic heterocycles. The Labute approximate surface area is 129 Å². The zero-order chi connectivity index (χ0) is 15.5. The highest BCUT2D eigenvalue weighted by molar-refractivity contribution is 5.89. The zero-order valence-electron chi connectivity index (χ0n) is 12.8. The predicted octanol–water partition coefficient (Wildman–Crippen LogP) is 0.469. The summed E-state index contributed by atoms with van der Waals surface area (Å²) in [5, 5.41) is 17.9. The second-order valence-corrected chi connectivity index (χ2v) is 5.86. The van der Waals surface area contributed by atoms with Crippen molar-refractivity contribution in [3.63, 3.8) is 0 Å². The summed E-state index contributed by atoms with van der Waals surface area (Å²) in [5.41, 5.74) is 0. The first kappa shape index (κ1) is 15.2. The number of allylic oxidation sites excluding steroid dienone is 2. The second kappa shape index (κ2) is 6.58. The molecule has 2 saturated heterocycles. The van der Waals surface area contributed by atoms with Crippen molar-refractivity contribution in [3.8, 4) is 0 Å². The lowest BCUT2D eigenvalue weighted by molar-refractivity contribution is 0.0723. The van der Waals surface area contributed by atoms with Crippen LogP contribution in [0.4, 0.5) is 0 Å². The van der Waals surface area contributed by atoms with Gasteiger partial charge in [0.15, 0.2) is 0 Å². The fourth-order valence-electron chi connectivity index (χ4n) is 3.14. The van der Waals surface area contributed by atoms with Gasteiger partial charge in [-0.25, -0.2) is 0 Å². The van der Waals surface area contributed by atoms with E-state index in [1.54, 1.807) is 4.90 Å². The smallest absolute Gasteiger partial charge is 0.311 e. The van der Waals surface area contributed by atoms with Crippen LogP contribution in [-0.4, -0.2) is 69.3 Å². The molecule has 7 nitrogen and oxygen atoms in total. The van der Waals surface area contributed by atoms with E-state index >= 15 is 0 Å². The number of aliphatic hydroxyl groups is 1. The molecule has 0 aliphatic carbocycles. The summed E-state index contributed by atoms with van der Waals surface area (Å²) in [6, 6.07) is 0.0249. The van der Waals surface area contributed by atoms with Gasteiger partial charge in [-0.3, -0.25) is 9.69 Å². The van der Waals surface area contributed by atoms with Crippen LogP contribution in [0.1, 0.15) is 36.3 Å². The molecule has 1 aromatic rings. The van der Waals surface area contributed by atoms with Gasteiger partial charge in [0.2, 0.25) is 5.89 Å². The molecule has 22 heavy (non-hydrogen) atoms. The normalized spacial score (nSPS) is 26.4. The maximum atomic E-state index is 12.4. The van der Waals surface area contributed by atoms with Gasteiger partial charge >= 0.3 is 11.8 Å². The molecule has 0 spiro atoms. The molecule has 120 valence electrons. The molecule has 2 atom stereocenters. The fourth-order valence-corrected chi connectivity index (χ4v) is 3.14. The molecule has 0 radical (unpaired) electrons. The zero-order valence-corrected chi connectivity index (χ0v) is 12.8. The van der Waals surface area contributed by atoms with Gasteiger partial charge < -0.3 is 14.4 Å². The minimum Gasteiger partial charge on any atom is -0.417 e. The number of likely N-dealkylation sites (tertiary alicyclic amines) is 2. The number of hydrogen-bond donors (Lipinski definition) is 1. The van der Waals surface area contributed by atoms with Crippen molar-refractivity contribution in [1.82, 2.24) is 20.0 Å². The highest BCUT2D eigenvalue weighted by Gasteiger charge is 2.39. The van der Waals surface area contributed by atoms with E-state index in [0.717, 1.165) is 25.9 Å². The topological polar surface area (TPSA) is 82.7 Å². The van der Waals surface area contributed by atoms with Gasteiger partial charge in [0.25, 0.3) is 0 Å². The monoisotopic (exact) mass is 306 g/mol. The second-order valence-electron chi connectivity index (χ2n) is 5.86. The van der Waals surface area contributed by atoms with Crippen molar-refractivity contribution in [2.45, 2.75) is 38.3 Å². The number of hydrogen-bond acceptors (Lipinski definition) is 6. The van der Waals surface area contributed by atoms with Crippen LogP contribution in [0.5, 0.6) is 0 Å². The van der Waals surface area contributed by atoms with Crippen molar-refractivity contribution < 1.29 is 14.3 Å². The van der Waals surface area contributed by atoms with Gasteiger partial charge in [-0.1, -0.05) is 12.2 Å². The summed E-state index contributed by atoms with van der Waals surface area (Å²) in [5.74, 6) is 0.144. The van der Waals surface area contributed by atoms with Crippen LogP contribution in [0.15, 0.2) is 16.6 Å². The fraction of sp³-hybridized carbons (Fsp3) is 0.667. The van der Waals surface area contributed by atoms with E-state index in [4.69, 9.17) is 4.42 Å². The third-order valence-corrected chi connectivity index (χ3v) is 4.33. The van der Waals surface area contributed by atoms with Crippen LogP contribution >= 0.6 is 0 Å². The van der Waals surface area contributed by atoms with E-state index in [1.165, 1.54) is 0 Å². The Bertz CT molecular complexity index is 551. The lowest BCUT2D eigenvalue weighted by Crippen LogP contribution is -2.41. The molecular formula is C15H22N4O3. The number of amides is 1. The van der Waals surface area contributed by atoms with Crippen molar-refractivity contribution in [3.05, 3.63) is 23.9 Å². The van der Waals surface area contributed by atoms with Crippen molar-refractivity contribution in [1.29, 1.82) is 0 Å². The minimum absolute atomic E-state index is 0.00813. The molecule has 3 rings (SSSR count). The van der Waals surface area contributed by atoms with Crippen LogP contribution in [-0.2, 0) is 6.42 Å². The van der Waals surface area contributed by atoms with Crippen LogP contribution in [0, 0.1) is 0 Å². The first-order valence-corrected chi connectivity index (χ1v) is 7.84. The lowest BCUT2D eigenvalue weighted by Gasteiger charge is -2.25. The Hall–Kier alpha value is -1.73. The Morgan fingerprint density at radius 2 is 2.14 bits per heavy atom. The minimum atomic E-state index is -0.507. The van der Waals surface area contributed by atoms with Gasteiger partial charge in [0.1, 0.15) is 0 Å². The van der Waals surface area contributed by atoms with E-state index in [9.17, 15) is 9.90 Å². The molecule has 1 aromatic heterocycles. The molecule has 3 heterocycles. The molecule has 7 heteroatoms. The third-order valence-electron chi connectivity index (χ3n) is 4.33. The highest BCUT2D eigenvalue weighted by atomic mass is 16.4. The first-order valence-electron chi connectivity index (χ1n) is 7.84. The Morgan fingerprint density at radius 1 is 1.36 bits per heavy atom. The summed E-state index contributed by atoms with van der Waals surface area (Å²) in [7, 11) is 0. The number of aromatic nitrogens is 2. The maximum absolute atomic E-state index is 12.4. The van der Waals surface area contributed by atoms with Crippen molar-refractivity contribution in [2.24, 2.45) is 0 Å².